The molecule has 0 aliphatic carbocycles. The quantitative estimate of drug-likeness (QED) is 0.889. The van der Waals surface area contributed by atoms with Gasteiger partial charge in [0.05, 0.1) is 0 Å². The number of aromatic hydroxyl groups is 1. The molecule has 1 aromatic carbocycles. The molecule has 1 aromatic rings. The Hall–Kier alpha value is -1.06. The Balaban J connectivity index is 1.89. The summed E-state index contributed by atoms with van der Waals surface area (Å²) in [5.41, 5.74) is 1.28. The first kappa shape index (κ1) is 13.4. The van der Waals surface area contributed by atoms with Crippen LogP contribution in [0.5, 0.6) is 5.75 Å². The molecule has 0 amide bonds. The second-order valence-corrected chi connectivity index (χ2v) is 5.23. The Bertz CT molecular complexity index is 357. The van der Waals surface area contributed by atoms with Crippen molar-refractivity contribution in [1.82, 2.24) is 4.90 Å². The van der Waals surface area contributed by atoms with Gasteiger partial charge in [-0.2, -0.15) is 0 Å². The van der Waals surface area contributed by atoms with Crippen molar-refractivity contribution in [1.29, 1.82) is 0 Å². The summed E-state index contributed by atoms with van der Waals surface area (Å²) in [6.07, 6.45) is 3.29. The molecule has 100 valence electrons. The highest BCUT2D eigenvalue weighted by Gasteiger charge is 2.22. The molecule has 3 nitrogen and oxygen atoms in total. The van der Waals surface area contributed by atoms with Gasteiger partial charge in [-0.25, -0.2) is 0 Å². The van der Waals surface area contributed by atoms with E-state index in [1.165, 1.54) is 5.56 Å². The van der Waals surface area contributed by atoms with E-state index in [0.717, 1.165) is 32.5 Å². The summed E-state index contributed by atoms with van der Waals surface area (Å²) >= 11 is 0. The predicted octanol–water partition coefficient (Wildman–Crippen LogP) is 2.43. The van der Waals surface area contributed by atoms with E-state index in [9.17, 15) is 5.11 Å². The summed E-state index contributed by atoms with van der Waals surface area (Å²) in [7, 11) is 2.21. The lowest BCUT2D eigenvalue weighted by Crippen LogP contribution is -2.42. The fourth-order valence-corrected chi connectivity index (χ4v) is 2.57. The van der Waals surface area contributed by atoms with Crippen molar-refractivity contribution >= 4 is 0 Å². The van der Waals surface area contributed by atoms with E-state index in [2.05, 4.69) is 18.9 Å². The molecular weight excluding hydrogens is 226 g/mol. The van der Waals surface area contributed by atoms with E-state index in [1.54, 1.807) is 12.1 Å². The molecule has 1 atom stereocenters. The molecule has 2 rings (SSSR count). The van der Waals surface area contributed by atoms with Gasteiger partial charge in [0, 0.05) is 25.3 Å². The Morgan fingerprint density at radius 3 is 2.50 bits per heavy atom. The highest BCUT2D eigenvalue weighted by atomic mass is 16.5. The summed E-state index contributed by atoms with van der Waals surface area (Å²) in [6.45, 7) is 4.05. The maximum Gasteiger partial charge on any atom is 0.115 e. The third-order valence-electron chi connectivity index (χ3n) is 3.93. The van der Waals surface area contributed by atoms with E-state index in [-0.39, 0.29) is 0 Å². The first-order chi connectivity index (χ1) is 8.66. The van der Waals surface area contributed by atoms with E-state index in [0.29, 0.717) is 17.8 Å². The van der Waals surface area contributed by atoms with Crippen molar-refractivity contribution < 1.29 is 9.84 Å². The number of hydrogen-bond acceptors (Lipinski definition) is 3. The van der Waals surface area contributed by atoms with E-state index < -0.39 is 0 Å². The normalized spacial score (nSPS) is 19.1. The first-order valence-corrected chi connectivity index (χ1v) is 6.74. The Morgan fingerprint density at radius 2 is 1.89 bits per heavy atom. The number of phenols is 1. The standard InChI is InChI=1S/C15H23NO2/c1-12(11-13-3-5-15(17)6-4-13)16(2)14-7-9-18-10-8-14/h3-6,12,14,17H,7-11H2,1-2H3. The molecule has 0 spiro atoms. The van der Waals surface area contributed by atoms with Crippen LogP contribution in [0, 0.1) is 0 Å². The molecule has 1 heterocycles. The first-order valence-electron chi connectivity index (χ1n) is 6.74. The number of benzene rings is 1. The molecule has 18 heavy (non-hydrogen) atoms. The highest BCUT2D eigenvalue weighted by Crippen LogP contribution is 2.18. The van der Waals surface area contributed by atoms with Gasteiger partial charge in [-0.05, 0) is 50.9 Å². The van der Waals surface area contributed by atoms with Gasteiger partial charge in [0.25, 0.3) is 0 Å². The minimum absolute atomic E-state index is 0.337. The Morgan fingerprint density at radius 1 is 1.28 bits per heavy atom. The SMILES string of the molecule is CC(Cc1ccc(O)cc1)N(C)C1CCOCC1. The Labute approximate surface area is 109 Å². The summed E-state index contributed by atoms with van der Waals surface area (Å²) < 4.78 is 5.41. The molecule has 1 aliphatic rings. The minimum Gasteiger partial charge on any atom is -0.508 e. The number of phenolic OH excluding ortho intramolecular Hbond substituents is 1. The zero-order valence-corrected chi connectivity index (χ0v) is 11.3. The average molecular weight is 249 g/mol. The van der Waals surface area contributed by atoms with Crippen molar-refractivity contribution in [3.63, 3.8) is 0 Å². The van der Waals surface area contributed by atoms with Crippen LogP contribution in [0.25, 0.3) is 0 Å². The van der Waals surface area contributed by atoms with Crippen LogP contribution < -0.4 is 0 Å². The highest BCUT2D eigenvalue weighted by molar-refractivity contribution is 5.26. The van der Waals surface area contributed by atoms with E-state index >= 15 is 0 Å². The fraction of sp³-hybridized carbons (Fsp3) is 0.600. The van der Waals surface area contributed by atoms with Gasteiger partial charge in [0.15, 0.2) is 0 Å². The fourth-order valence-electron chi connectivity index (χ4n) is 2.57. The lowest BCUT2D eigenvalue weighted by atomic mass is 10.0. The molecular formula is C15H23NO2. The van der Waals surface area contributed by atoms with E-state index in [4.69, 9.17) is 4.74 Å². The molecule has 0 radical (unpaired) electrons. The van der Waals surface area contributed by atoms with Gasteiger partial charge in [-0.3, -0.25) is 0 Å². The van der Waals surface area contributed by atoms with Gasteiger partial charge in [-0.1, -0.05) is 12.1 Å². The molecule has 0 saturated carbocycles. The third kappa shape index (κ3) is 3.47. The monoisotopic (exact) mass is 249 g/mol. The molecule has 1 aliphatic heterocycles. The maximum atomic E-state index is 9.28. The molecule has 1 fully saturated rings. The average Bonchev–Trinajstić information content (AvgIpc) is 2.41. The van der Waals surface area contributed by atoms with Gasteiger partial charge < -0.3 is 14.7 Å². The topological polar surface area (TPSA) is 32.7 Å². The van der Waals surface area contributed by atoms with E-state index in [1.807, 2.05) is 12.1 Å². The predicted molar refractivity (Wildman–Crippen MR) is 72.9 cm³/mol. The van der Waals surface area contributed by atoms with Crippen LogP contribution in [0.1, 0.15) is 25.3 Å². The molecule has 3 heteroatoms. The zero-order valence-electron chi connectivity index (χ0n) is 11.3. The lowest BCUT2D eigenvalue weighted by molar-refractivity contribution is 0.0312. The summed E-state index contributed by atoms with van der Waals surface area (Å²) in [5.74, 6) is 0.337. The van der Waals surface area contributed by atoms with Crippen molar-refractivity contribution in [2.45, 2.75) is 38.3 Å². The van der Waals surface area contributed by atoms with Crippen LogP contribution >= 0.6 is 0 Å². The van der Waals surface area contributed by atoms with Gasteiger partial charge >= 0.3 is 0 Å². The van der Waals surface area contributed by atoms with Crippen molar-refractivity contribution in [2.24, 2.45) is 0 Å². The van der Waals surface area contributed by atoms with Crippen LogP contribution in [0.4, 0.5) is 0 Å². The number of rotatable bonds is 4. The van der Waals surface area contributed by atoms with Gasteiger partial charge in [0.2, 0.25) is 0 Å². The summed E-state index contributed by atoms with van der Waals surface area (Å²) in [6, 6.07) is 8.68. The van der Waals surface area contributed by atoms with Crippen molar-refractivity contribution in [2.75, 3.05) is 20.3 Å². The van der Waals surface area contributed by atoms with Crippen LogP contribution in [0.15, 0.2) is 24.3 Å². The summed E-state index contributed by atoms with van der Waals surface area (Å²) in [4.78, 5) is 2.47. The van der Waals surface area contributed by atoms with Gasteiger partial charge in [-0.15, -0.1) is 0 Å². The molecule has 0 bridgehead atoms. The number of likely N-dealkylation sites (N-methyl/N-ethyl adjacent to an activating group) is 1. The zero-order chi connectivity index (χ0) is 13.0. The molecule has 1 N–H and O–H groups in total. The second kappa shape index (κ2) is 6.21. The van der Waals surface area contributed by atoms with Crippen LogP contribution in [-0.4, -0.2) is 42.4 Å². The van der Waals surface area contributed by atoms with Crippen LogP contribution in [0.3, 0.4) is 0 Å². The molecule has 0 aromatic heterocycles. The lowest BCUT2D eigenvalue weighted by Gasteiger charge is -2.35. The number of nitrogens with zero attached hydrogens (tertiary/aromatic N) is 1. The number of hydrogen-bond donors (Lipinski definition) is 1. The third-order valence-corrected chi connectivity index (χ3v) is 3.93. The second-order valence-electron chi connectivity index (χ2n) is 5.23. The van der Waals surface area contributed by atoms with Crippen LogP contribution in [-0.2, 0) is 11.2 Å². The smallest absolute Gasteiger partial charge is 0.115 e. The van der Waals surface area contributed by atoms with Gasteiger partial charge in [0.1, 0.15) is 5.75 Å². The van der Waals surface area contributed by atoms with Crippen molar-refractivity contribution in [3.05, 3.63) is 29.8 Å². The maximum absolute atomic E-state index is 9.28. The minimum atomic E-state index is 0.337. The number of ether oxygens (including phenoxy) is 1. The van der Waals surface area contributed by atoms with Crippen molar-refractivity contribution in [3.8, 4) is 5.75 Å². The van der Waals surface area contributed by atoms with Crippen LogP contribution in [0.2, 0.25) is 0 Å². The summed E-state index contributed by atoms with van der Waals surface area (Å²) in [5, 5.41) is 9.28. The molecule has 1 unspecified atom stereocenters. The largest absolute Gasteiger partial charge is 0.508 e. The molecule has 1 saturated heterocycles. The Kier molecular flexibility index (Phi) is 4.61.